The summed E-state index contributed by atoms with van der Waals surface area (Å²) in [4.78, 5) is 10.4. The maximum atomic E-state index is 13.5. The fourth-order valence-electron chi connectivity index (χ4n) is 1.54. The van der Waals surface area contributed by atoms with E-state index in [1.54, 1.807) is 0 Å². The molecule has 0 heterocycles. The van der Waals surface area contributed by atoms with Crippen molar-refractivity contribution in [2.45, 2.75) is 20.8 Å². The van der Waals surface area contributed by atoms with E-state index in [9.17, 15) is 14.5 Å². The third kappa shape index (κ3) is 4.34. The predicted octanol–water partition coefficient (Wildman–Crippen LogP) is 4.47. The van der Waals surface area contributed by atoms with Crippen LogP contribution >= 0.6 is 28.6 Å². The number of hydrogen-bond acceptors (Lipinski definition) is 4. The largest absolute Gasteiger partial charge is 0.486 e. The topological polar surface area (TPSA) is 52.4 Å². The molecule has 0 saturated carbocycles. The van der Waals surface area contributed by atoms with Gasteiger partial charge in [0.05, 0.1) is 16.0 Å². The minimum absolute atomic E-state index is 0.0399. The first-order valence-electron chi connectivity index (χ1n) is 6.04. The average molecular weight is 366 g/mol. The molecule has 1 aromatic rings. The van der Waals surface area contributed by atoms with Crippen LogP contribution in [0.5, 0.6) is 5.75 Å². The molecule has 1 atom stereocenters. The Hall–Kier alpha value is -0.820. The Kier molecular flexibility index (Phi) is 5.82. The van der Waals surface area contributed by atoms with Crippen molar-refractivity contribution in [3.8, 4) is 5.75 Å². The van der Waals surface area contributed by atoms with Crippen LogP contribution in [0.2, 0.25) is 0 Å². The minimum atomic E-state index is -0.594. The maximum absolute atomic E-state index is 13.5. The van der Waals surface area contributed by atoms with Gasteiger partial charge in [-0.15, -0.1) is 0 Å². The fourth-order valence-corrected chi connectivity index (χ4v) is 2.53. The zero-order chi connectivity index (χ0) is 15.5. The SMILES string of the molecule is CC(C)(C)C(CS)COc1cc(F)c(Br)cc1[N+](=O)[O-]. The number of benzene rings is 1. The Morgan fingerprint density at radius 2 is 2.10 bits per heavy atom. The van der Waals surface area contributed by atoms with Crippen molar-refractivity contribution in [1.29, 1.82) is 0 Å². The zero-order valence-electron chi connectivity index (χ0n) is 11.5. The molecule has 7 heteroatoms. The molecule has 0 aliphatic rings. The second-order valence-corrected chi connectivity index (χ2v) is 6.77. The van der Waals surface area contributed by atoms with Gasteiger partial charge in [0.1, 0.15) is 5.82 Å². The molecule has 0 amide bonds. The van der Waals surface area contributed by atoms with Crippen molar-refractivity contribution in [2.75, 3.05) is 12.4 Å². The highest BCUT2D eigenvalue weighted by Gasteiger charge is 2.26. The van der Waals surface area contributed by atoms with Gasteiger partial charge >= 0.3 is 5.69 Å². The number of nitrogens with zero attached hydrogens (tertiary/aromatic N) is 1. The summed E-state index contributed by atoms with van der Waals surface area (Å²) in [5.74, 6) is 0.0173. The third-order valence-corrected chi connectivity index (χ3v) is 4.13. The number of thiol groups is 1. The summed E-state index contributed by atoms with van der Waals surface area (Å²) in [6.07, 6.45) is 0. The van der Waals surface area contributed by atoms with E-state index in [0.717, 1.165) is 12.1 Å². The zero-order valence-corrected chi connectivity index (χ0v) is 14.0. The summed E-state index contributed by atoms with van der Waals surface area (Å²) in [7, 11) is 0. The van der Waals surface area contributed by atoms with Gasteiger partial charge in [-0.25, -0.2) is 4.39 Å². The van der Waals surface area contributed by atoms with Crippen molar-refractivity contribution in [1.82, 2.24) is 0 Å². The third-order valence-electron chi connectivity index (χ3n) is 3.08. The van der Waals surface area contributed by atoms with Crippen LogP contribution < -0.4 is 4.74 Å². The van der Waals surface area contributed by atoms with Gasteiger partial charge in [-0.2, -0.15) is 12.6 Å². The molecule has 0 N–H and O–H groups in total. The fraction of sp³-hybridized carbons (Fsp3) is 0.538. The lowest BCUT2D eigenvalue weighted by atomic mass is 9.82. The molecule has 1 unspecified atom stereocenters. The van der Waals surface area contributed by atoms with Crippen LogP contribution in [0.25, 0.3) is 0 Å². The highest BCUT2D eigenvalue weighted by Crippen LogP contribution is 2.34. The van der Waals surface area contributed by atoms with Gasteiger partial charge in [0, 0.05) is 18.1 Å². The van der Waals surface area contributed by atoms with E-state index in [4.69, 9.17) is 4.74 Å². The predicted molar refractivity (Wildman–Crippen MR) is 83.0 cm³/mol. The molecule has 1 aromatic carbocycles. The number of rotatable bonds is 5. The van der Waals surface area contributed by atoms with Crippen LogP contribution in [0.4, 0.5) is 10.1 Å². The number of nitro groups is 1. The lowest BCUT2D eigenvalue weighted by Crippen LogP contribution is -2.28. The van der Waals surface area contributed by atoms with Gasteiger partial charge in [0.25, 0.3) is 0 Å². The molecule has 0 aromatic heterocycles. The van der Waals surface area contributed by atoms with Crippen LogP contribution in [0.15, 0.2) is 16.6 Å². The molecule has 0 radical (unpaired) electrons. The average Bonchev–Trinajstić information content (AvgIpc) is 2.31. The molecule has 0 aliphatic carbocycles. The van der Waals surface area contributed by atoms with Crippen LogP contribution in [-0.4, -0.2) is 17.3 Å². The Morgan fingerprint density at radius 1 is 1.50 bits per heavy atom. The van der Waals surface area contributed by atoms with Crippen LogP contribution in [0.3, 0.4) is 0 Å². The van der Waals surface area contributed by atoms with Gasteiger partial charge in [0.2, 0.25) is 0 Å². The minimum Gasteiger partial charge on any atom is -0.486 e. The Morgan fingerprint density at radius 3 is 2.55 bits per heavy atom. The Labute approximate surface area is 131 Å². The van der Waals surface area contributed by atoms with Crippen molar-refractivity contribution in [3.63, 3.8) is 0 Å². The van der Waals surface area contributed by atoms with E-state index in [1.165, 1.54) is 0 Å². The van der Waals surface area contributed by atoms with E-state index < -0.39 is 10.7 Å². The van der Waals surface area contributed by atoms with E-state index in [-0.39, 0.29) is 33.8 Å². The summed E-state index contributed by atoms with van der Waals surface area (Å²) in [5, 5.41) is 11.0. The van der Waals surface area contributed by atoms with Crippen LogP contribution in [0.1, 0.15) is 20.8 Å². The molecule has 1 rings (SSSR count). The number of ether oxygens (including phenoxy) is 1. The normalized spacial score (nSPS) is 13.1. The highest BCUT2D eigenvalue weighted by molar-refractivity contribution is 9.10. The van der Waals surface area contributed by atoms with Gasteiger partial charge in [-0.3, -0.25) is 10.1 Å². The first-order valence-corrected chi connectivity index (χ1v) is 7.46. The summed E-state index contributed by atoms with van der Waals surface area (Å²) in [6, 6.07) is 2.14. The molecule has 0 bridgehead atoms. The molecule has 0 saturated heterocycles. The standard InChI is InChI=1S/C13H17BrFNO3S/c1-13(2,3)8(7-20)6-19-12-5-10(15)9(14)4-11(12)16(17)18/h4-5,8,20H,6-7H2,1-3H3. The van der Waals surface area contributed by atoms with E-state index >= 15 is 0 Å². The summed E-state index contributed by atoms with van der Waals surface area (Å²) >= 11 is 7.19. The van der Waals surface area contributed by atoms with Crippen molar-refractivity contribution in [2.24, 2.45) is 11.3 Å². The van der Waals surface area contributed by atoms with Gasteiger partial charge in [-0.1, -0.05) is 20.8 Å². The van der Waals surface area contributed by atoms with Crippen molar-refractivity contribution < 1.29 is 14.1 Å². The maximum Gasteiger partial charge on any atom is 0.312 e. The second kappa shape index (κ2) is 6.76. The molecular weight excluding hydrogens is 349 g/mol. The number of halogens is 2. The number of hydrogen-bond donors (Lipinski definition) is 1. The first-order chi connectivity index (χ1) is 9.16. The quantitative estimate of drug-likeness (QED) is 0.475. The molecule has 112 valence electrons. The lowest BCUT2D eigenvalue weighted by molar-refractivity contribution is -0.386. The molecule has 0 fully saturated rings. The molecule has 20 heavy (non-hydrogen) atoms. The van der Waals surface area contributed by atoms with E-state index in [1.807, 2.05) is 20.8 Å². The molecular formula is C13H17BrFNO3S. The Bertz CT molecular complexity index is 505. The smallest absolute Gasteiger partial charge is 0.312 e. The monoisotopic (exact) mass is 365 g/mol. The lowest BCUT2D eigenvalue weighted by Gasteiger charge is -2.29. The molecule has 4 nitrogen and oxygen atoms in total. The first kappa shape index (κ1) is 17.2. The molecule has 0 spiro atoms. The summed E-state index contributed by atoms with van der Waals surface area (Å²) in [6.45, 7) is 6.35. The molecule has 0 aliphatic heterocycles. The summed E-state index contributed by atoms with van der Waals surface area (Å²) < 4.78 is 19.0. The Balaban J connectivity index is 2.97. The van der Waals surface area contributed by atoms with E-state index in [0.29, 0.717) is 5.75 Å². The second-order valence-electron chi connectivity index (χ2n) is 5.55. The van der Waals surface area contributed by atoms with Gasteiger partial charge in [-0.05, 0) is 27.1 Å². The van der Waals surface area contributed by atoms with Crippen LogP contribution in [-0.2, 0) is 0 Å². The van der Waals surface area contributed by atoms with Crippen LogP contribution in [0, 0.1) is 27.3 Å². The number of nitro benzene ring substituents is 1. The van der Waals surface area contributed by atoms with Gasteiger partial charge < -0.3 is 4.74 Å². The van der Waals surface area contributed by atoms with E-state index in [2.05, 4.69) is 28.6 Å². The summed E-state index contributed by atoms with van der Waals surface area (Å²) in [5.41, 5.74) is -0.310. The van der Waals surface area contributed by atoms with Crippen molar-refractivity contribution >= 4 is 34.2 Å². The highest BCUT2D eigenvalue weighted by atomic mass is 79.9. The van der Waals surface area contributed by atoms with Gasteiger partial charge in [0.15, 0.2) is 5.75 Å². The van der Waals surface area contributed by atoms with Crippen molar-refractivity contribution in [3.05, 3.63) is 32.5 Å².